The molecule has 8 atom stereocenters. The van der Waals surface area contributed by atoms with Gasteiger partial charge in [0.25, 0.3) is 0 Å². The first-order valence-corrected chi connectivity index (χ1v) is 24.6. The largest absolute Gasteiger partial charge is 0.408 e. The van der Waals surface area contributed by atoms with Gasteiger partial charge >= 0.3 is 0 Å². The molecule has 17 heteroatoms. The van der Waals surface area contributed by atoms with E-state index in [9.17, 15) is 15.3 Å². The van der Waals surface area contributed by atoms with Crippen molar-refractivity contribution in [2.75, 3.05) is 18.1 Å². The summed E-state index contributed by atoms with van der Waals surface area (Å²) in [6.07, 6.45) is 1.72. The quantitative estimate of drug-likeness (QED) is 0.146. The number of aromatic nitrogens is 6. The van der Waals surface area contributed by atoms with Crippen LogP contribution in [0.2, 0.25) is 36.3 Å². The van der Waals surface area contributed by atoms with Gasteiger partial charge in [-0.1, -0.05) is 62.3 Å². The molecule has 0 amide bonds. The molecule has 7 N–H and O–H groups in total. The molecular formula is C37H62N8O7Si2. The molecule has 6 rings (SSSR count). The summed E-state index contributed by atoms with van der Waals surface area (Å²) >= 11 is 0. The van der Waals surface area contributed by atoms with Gasteiger partial charge < -0.3 is 45.1 Å². The minimum Gasteiger partial charge on any atom is -0.408 e. The molecule has 4 unspecified atom stereocenters. The highest BCUT2D eigenvalue weighted by atomic mass is 28.4. The van der Waals surface area contributed by atoms with E-state index in [4.69, 9.17) is 29.8 Å². The Morgan fingerprint density at radius 2 is 1.09 bits per heavy atom. The van der Waals surface area contributed by atoms with Crippen LogP contribution in [0.4, 0.5) is 11.6 Å². The van der Waals surface area contributed by atoms with Crippen molar-refractivity contribution >= 4 is 39.3 Å². The number of nitrogens with two attached hydrogens (primary N) is 2. The molecule has 6 heterocycles. The number of aliphatic hydroxyl groups excluding tert-OH is 1. The summed E-state index contributed by atoms with van der Waals surface area (Å²) in [5.41, 5.74) is 14.1. The highest BCUT2D eigenvalue weighted by molar-refractivity contribution is 6.74. The third kappa shape index (κ3) is 7.22. The number of ether oxygens (including phenoxy) is 2. The zero-order valence-corrected chi connectivity index (χ0v) is 36.2. The Bertz CT molecular complexity index is 1800. The van der Waals surface area contributed by atoms with Crippen LogP contribution < -0.4 is 11.5 Å². The monoisotopic (exact) mass is 786 g/mol. The standard InChI is InChI=1S/C19H32N4O3Si.C18H30N4O4Si/c1-8-14-12(2)16(26-27(6,7)18(3,4)5)19(24,25-14)15-10-9-13-17(20)21-11-22-23(13)15;1-11-13(9-23)25-18(24,15(11)26-27(5,6)17(2,3)4)14-8-7-12-16(19)20-10-21-22(12)14/h9-12,14,16,24H,8H2,1-7H3,(H2,20,21,22);7-8,10-11,13,15,23-24H,9H2,1-6H3,(H2,19,20,21)/t12-,14-,16?,19?;11-,13-,15?,18?/m11/s1. The fourth-order valence-corrected chi connectivity index (χ4v) is 9.52. The SMILES string of the molecule is CC[C@H]1OC(O)(c2ccc3c(N)ncnn23)C(O[Si](C)(C)C(C)(C)C)[C@@H]1C.C[C@H]1C(O[Si](C)(C)C(C)(C)C)C(O)(c2ccc3c(N)ncnn23)O[C@@H]1CO. The predicted molar refractivity (Wildman–Crippen MR) is 212 cm³/mol. The van der Waals surface area contributed by atoms with Gasteiger partial charge in [-0.2, -0.15) is 10.2 Å². The van der Waals surface area contributed by atoms with Gasteiger partial charge in [-0.25, -0.2) is 19.0 Å². The number of anilines is 2. The first-order valence-electron chi connectivity index (χ1n) is 18.8. The Morgan fingerprint density at radius 1 is 0.722 bits per heavy atom. The van der Waals surface area contributed by atoms with E-state index in [2.05, 4.69) is 102 Å². The Kier molecular flexibility index (Phi) is 11.3. The summed E-state index contributed by atoms with van der Waals surface area (Å²) < 4.78 is 28.6. The maximum Gasteiger partial charge on any atom is 0.236 e. The van der Waals surface area contributed by atoms with Gasteiger partial charge in [0.05, 0.1) is 18.8 Å². The lowest BCUT2D eigenvalue weighted by Crippen LogP contribution is -2.51. The number of hydrogen-bond donors (Lipinski definition) is 5. The average molecular weight is 787 g/mol. The van der Waals surface area contributed by atoms with Gasteiger partial charge in [0.1, 0.15) is 47.3 Å². The number of rotatable bonds is 8. The fourth-order valence-electron chi connectivity index (χ4n) is 6.79. The van der Waals surface area contributed by atoms with E-state index in [-0.39, 0.29) is 34.6 Å². The van der Waals surface area contributed by atoms with Crippen LogP contribution in [0, 0.1) is 11.8 Å². The summed E-state index contributed by atoms with van der Waals surface area (Å²) in [4.78, 5) is 8.01. The van der Waals surface area contributed by atoms with Gasteiger partial charge in [0.2, 0.25) is 11.6 Å². The van der Waals surface area contributed by atoms with Gasteiger partial charge in [0, 0.05) is 11.8 Å². The van der Waals surface area contributed by atoms with Gasteiger partial charge in [-0.05, 0) is 67.0 Å². The topological polar surface area (TPSA) is 210 Å². The van der Waals surface area contributed by atoms with E-state index in [1.807, 2.05) is 6.92 Å². The molecule has 0 aromatic carbocycles. The van der Waals surface area contributed by atoms with Crippen molar-refractivity contribution in [2.24, 2.45) is 11.8 Å². The minimum atomic E-state index is -2.22. The molecular weight excluding hydrogens is 725 g/mol. The van der Waals surface area contributed by atoms with Gasteiger partial charge in [-0.3, -0.25) is 0 Å². The van der Waals surface area contributed by atoms with Crippen LogP contribution in [0.15, 0.2) is 36.9 Å². The molecule has 0 radical (unpaired) electrons. The summed E-state index contributed by atoms with van der Waals surface area (Å²) in [7, 11) is -4.36. The number of hydrogen-bond acceptors (Lipinski definition) is 13. The Balaban J connectivity index is 0.000000208. The first-order chi connectivity index (χ1) is 24.8. The molecule has 0 spiro atoms. The van der Waals surface area contributed by atoms with E-state index >= 15 is 0 Å². The first kappa shape index (κ1) is 42.1. The van der Waals surface area contributed by atoms with Crippen molar-refractivity contribution in [1.82, 2.24) is 29.2 Å². The minimum absolute atomic E-state index is 0.0196. The number of nitrogen functional groups attached to an aromatic ring is 2. The summed E-state index contributed by atoms with van der Waals surface area (Å²) in [6.45, 7) is 27.5. The van der Waals surface area contributed by atoms with Crippen LogP contribution in [0.5, 0.6) is 0 Å². The van der Waals surface area contributed by atoms with E-state index in [1.165, 1.54) is 17.2 Å². The zero-order valence-electron chi connectivity index (χ0n) is 34.2. The highest BCUT2D eigenvalue weighted by Crippen LogP contribution is 2.49. The second kappa shape index (κ2) is 14.5. The Hall–Kier alpha value is -3.01. The Morgan fingerprint density at radius 3 is 1.44 bits per heavy atom. The van der Waals surface area contributed by atoms with Crippen LogP contribution in [0.1, 0.15) is 80.1 Å². The van der Waals surface area contributed by atoms with E-state index in [0.29, 0.717) is 34.1 Å². The lowest BCUT2D eigenvalue weighted by atomic mass is 9.94. The van der Waals surface area contributed by atoms with Crippen molar-refractivity contribution < 1.29 is 33.6 Å². The zero-order chi connectivity index (χ0) is 40.4. The molecule has 0 aliphatic carbocycles. The summed E-state index contributed by atoms with van der Waals surface area (Å²) in [6, 6.07) is 7.06. The number of aliphatic hydroxyl groups is 3. The summed E-state index contributed by atoms with van der Waals surface area (Å²) in [5, 5.41) is 41.7. The van der Waals surface area contributed by atoms with Crippen LogP contribution in [0.25, 0.3) is 11.0 Å². The van der Waals surface area contributed by atoms with Gasteiger partial charge in [-0.15, -0.1) is 0 Å². The lowest BCUT2D eigenvalue weighted by Gasteiger charge is -2.42. The van der Waals surface area contributed by atoms with E-state index in [0.717, 1.165) is 6.42 Å². The fraction of sp³-hybridized carbons (Fsp3) is 0.676. The molecule has 2 saturated heterocycles. The van der Waals surface area contributed by atoms with E-state index < -0.39 is 46.5 Å². The molecule has 2 aliphatic heterocycles. The molecule has 300 valence electrons. The molecule has 4 aromatic rings. The Labute approximate surface area is 320 Å². The predicted octanol–water partition coefficient (Wildman–Crippen LogP) is 5.17. The average Bonchev–Trinajstić information content (AvgIpc) is 3.82. The molecule has 2 fully saturated rings. The van der Waals surface area contributed by atoms with Crippen LogP contribution in [-0.2, 0) is 29.9 Å². The molecule has 0 saturated carbocycles. The highest BCUT2D eigenvalue weighted by Gasteiger charge is 2.59. The summed E-state index contributed by atoms with van der Waals surface area (Å²) in [5.74, 6) is -2.85. The van der Waals surface area contributed by atoms with Crippen molar-refractivity contribution in [3.63, 3.8) is 0 Å². The number of fused-ring (bicyclic) bond motifs is 2. The van der Waals surface area contributed by atoms with Crippen molar-refractivity contribution in [2.45, 2.75) is 141 Å². The van der Waals surface area contributed by atoms with Crippen LogP contribution in [0.3, 0.4) is 0 Å². The second-order valence-electron chi connectivity index (χ2n) is 17.9. The second-order valence-corrected chi connectivity index (χ2v) is 27.4. The lowest BCUT2D eigenvalue weighted by molar-refractivity contribution is -0.239. The number of nitrogens with zero attached hydrogens (tertiary/aromatic N) is 6. The molecule has 0 bridgehead atoms. The normalized spacial score (nSPS) is 29.6. The molecule has 2 aliphatic rings. The van der Waals surface area contributed by atoms with Gasteiger partial charge in [0.15, 0.2) is 28.3 Å². The maximum absolute atomic E-state index is 11.8. The van der Waals surface area contributed by atoms with Crippen LogP contribution >= 0.6 is 0 Å². The van der Waals surface area contributed by atoms with Crippen molar-refractivity contribution in [3.05, 3.63) is 48.3 Å². The maximum atomic E-state index is 11.8. The molecule has 4 aromatic heterocycles. The smallest absolute Gasteiger partial charge is 0.236 e. The van der Waals surface area contributed by atoms with Crippen molar-refractivity contribution in [3.8, 4) is 0 Å². The third-order valence-corrected chi connectivity index (χ3v) is 21.2. The third-order valence-electron chi connectivity index (χ3n) is 12.3. The molecule has 15 nitrogen and oxygen atoms in total. The van der Waals surface area contributed by atoms with Crippen LogP contribution in [-0.4, -0.2) is 92.2 Å². The molecule has 54 heavy (non-hydrogen) atoms. The van der Waals surface area contributed by atoms with Crippen molar-refractivity contribution in [1.29, 1.82) is 0 Å². The van der Waals surface area contributed by atoms with E-state index in [1.54, 1.807) is 28.8 Å².